The molecule has 0 spiro atoms. The van der Waals surface area contributed by atoms with Crippen LogP contribution in [0.15, 0.2) is 0 Å². The van der Waals surface area contributed by atoms with Gasteiger partial charge in [0.1, 0.15) is 0 Å². The van der Waals surface area contributed by atoms with Gasteiger partial charge in [0, 0.05) is 13.1 Å². The second-order valence-corrected chi connectivity index (χ2v) is 8.18. The highest BCUT2D eigenvalue weighted by molar-refractivity contribution is 4.90. The van der Waals surface area contributed by atoms with Crippen LogP contribution in [0.2, 0.25) is 0 Å². The molecule has 0 unspecified atom stereocenters. The molecule has 20 heavy (non-hydrogen) atoms. The predicted octanol–water partition coefficient (Wildman–Crippen LogP) is 4.06. The maximum atomic E-state index is 3.71. The van der Waals surface area contributed by atoms with Gasteiger partial charge in [-0.15, -0.1) is 0 Å². The fourth-order valence-corrected chi connectivity index (χ4v) is 4.16. The summed E-state index contributed by atoms with van der Waals surface area (Å²) in [5, 5.41) is 3.71. The summed E-state index contributed by atoms with van der Waals surface area (Å²) in [4.78, 5) is 2.79. The monoisotopic (exact) mass is 280 g/mol. The van der Waals surface area contributed by atoms with Crippen LogP contribution in [0.5, 0.6) is 0 Å². The van der Waals surface area contributed by atoms with Crippen LogP contribution in [-0.2, 0) is 0 Å². The average molecular weight is 280 g/mol. The largest absolute Gasteiger partial charge is 0.316 e. The lowest BCUT2D eigenvalue weighted by molar-refractivity contribution is 0.148. The summed E-state index contributed by atoms with van der Waals surface area (Å²) in [6, 6.07) is 0. The molecule has 1 aliphatic heterocycles. The zero-order valence-corrected chi connectivity index (χ0v) is 14.1. The molecule has 2 fully saturated rings. The third-order valence-corrected chi connectivity index (χ3v) is 5.58. The molecule has 2 aliphatic rings. The van der Waals surface area contributed by atoms with Gasteiger partial charge in [-0.1, -0.05) is 33.6 Å². The molecule has 2 nitrogen and oxygen atoms in total. The fraction of sp³-hybridized carbons (Fsp3) is 1.00. The van der Waals surface area contributed by atoms with Crippen molar-refractivity contribution in [1.82, 2.24) is 10.2 Å². The Balaban J connectivity index is 1.87. The molecule has 1 aliphatic carbocycles. The zero-order valence-electron chi connectivity index (χ0n) is 14.1. The SMILES string of the molecule is CCCNCC1(CN2CCCC(C)(C)CC2)CCCC1. The second kappa shape index (κ2) is 7.26. The molecule has 1 heterocycles. The highest BCUT2D eigenvalue weighted by Gasteiger charge is 2.36. The molecule has 0 radical (unpaired) electrons. The molecule has 118 valence electrons. The summed E-state index contributed by atoms with van der Waals surface area (Å²) < 4.78 is 0. The van der Waals surface area contributed by atoms with E-state index in [1.165, 1.54) is 84.1 Å². The van der Waals surface area contributed by atoms with Gasteiger partial charge in [0.05, 0.1) is 0 Å². The Bertz CT molecular complexity index is 279. The average Bonchev–Trinajstić information content (AvgIpc) is 2.78. The first-order chi connectivity index (χ1) is 9.55. The van der Waals surface area contributed by atoms with Crippen molar-refractivity contribution < 1.29 is 0 Å². The molecule has 0 aromatic heterocycles. The van der Waals surface area contributed by atoms with Gasteiger partial charge in [-0.05, 0) is 69.0 Å². The first-order valence-electron chi connectivity index (χ1n) is 8.98. The molecular formula is C18H36N2. The summed E-state index contributed by atoms with van der Waals surface area (Å²) >= 11 is 0. The van der Waals surface area contributed by atoms with Crippen molar-refractivity contribution in [2.45, 2.75) is 72.1 Å². The molecule has 1 saturated heterocycles. The van der Waals surface area contributed by atoms with E-state index in [0.717, 1.165) is 0 Å². The third kappa shape index (κ3) is 4.73. The van der Waals surface area contributed by atoms with Crippen LogP contribution >= 0.6 is 0 Å². The van der Waals surface area contributed by atoms with Crippen molar-refractivity contribution >= 4 is 0 Å². The molecule has 2 heteroatoms. The molecule has 0 bridgehead atoms. The van der Waals surface area contributed by atoms with Gasteiger partial charge in [0.25, 0.3) is 0 Å². The maximum absolute atomic E-state index is 3.71. The summed E-state index contributed by atoms with van der Waals surface area (Å²) in [7, 11) is 0. The van der Waals surface area contributed by atoms with Gasteiger partial charge in [0.2, 0.25) is 0 Å². The summed E-state index contributed by atoms with van der Waals surface area (Å²) in [6.45, 7) is 13.6. The van der Waals surface area contributed by atoms with Crippen molar-refractivity contribution in [3.05, 3.63) is 0 Å². The highest BCUT2D eigenvalue weighted by atomic mass is 15.1. The van der Waals surface area contributed by atoms with E-state index in [2.05, 4.69) is 31.0 Å². The minimum Gasteiger partial charge on any atom is -0.316 e. The van der Waals surface area contributed by atoms with E-state index in [-0.39, 0.29) is 0 Å². The van der Waals surface area contributed by atoms with Crippen LogP contribution in [0.25, 0.3) is 0 Å². The molecule has 0 aromatic rings. The molecule has 1 N–H and O–H groups in total. The van der Waals surface area contributed by atoms with Crippen molar-refractivity contribution in [3.63, 3.8) is 0 Å². The minimum atomic E-state index is 0.568. The molecule has 0 atom stereocenters. The van der Waals surface area contributed by atoms with Crippen molar-refractivity contribution in [1.29, 1.82) is 0 Å². The van der Waals surface area contributed by atoms with Gasteiger partial charge >= 0.3 is 0 Å². The van der Waals surface area contributed by atoms with E-state index in [0.29, 0.717) is 10.8 Å². The zero-order chi connectivity index (χ0) is 14.5. The Kier molecular flexibility index (Phi) is 5.92. The first kappa shape index (κ1) is 16.3. The Labute approximate surface area is 126 Å². The summed E-state index contributed by atoms with van der Waals surface area (Å²) in [5.74, 6) is 0. The van der Waals surface area contributed by atoms with Gasteiger partial charge in [0.15, 0.2) is 0 Å². The quantitative estimate of drug-likeness (QED) is 0.738. The lowest BCUT2D eigenvalue weighted by Gasteiger charge is -2.35. The van der Waals surface area contributed by atoms with E-state index in [9.17, 15) is 0 Å². The van der Waals surface area contributed by atoms with Crippen LogP contribution in [0, 0.1) is 10.8 Å². The van der Waals surface area contributed by atoms with Gasteiger partial charge in [-0.25, -0.2) is 0 Å². The summed E-state index contributed by atoms with van der Waals surface area (Å²) in [6.07, 6.45) is 11.2. The van der Waals surface area contributed by atoms with E-state index in [1.807, 2.05) is 0 Å². The van der Waals surface area contributed by atoms with Crippen LogP contribution in [-0.4, -0.2) is 37.6 Å². The van der Waals surface area contributed by atoms with E-state index in [1.54, 1.807) is 0 Å². The Morgan fingerprint density at radius 2 is 1.70 bits per heavy atom. The van der Waals surface area contributed by atoms with Crippen molar-refractivity contribution in [2.75, 3.05) is 32.7 Å². The predicted molar refractivity (Wildman–Crippen MR) is 88.1 cm³/mol. The van der Waals surface area contributed by atoms with Gasteiger partial charge in [-0.2, -0.15) is 0 Å². The first-order valence-corrected chi connectivity index (χ1v) is 8.98. The number of hydrogen-bond donors (Lipinski definition) is 1. The fourth-order valence-electron chi connectivity index (χ4n) is 4.16. The number of rotatable bonds is 6. The lowest BCUT2D eigenvalue weighted by atomic mass is 9.84. The minimum absolute atomic E-state index is 0.568. The smallest absolute Gasteiger partial charge is 0.00501 e. The maximum Gasteiger partial charge on any atom is 0.00501 e. The second-order valence-electron chi connectivity index (χ2n) is 8.18. The standard InChI is InChI=1S/C18H36N2/c1-4-12-19-15-18(9-5-6-10-18)16-20-13-7-8-17(2,3)11-14-20/h19H,4-16H2,1-3H3. The molecule has 2 rings (SSSR count). The van der Waals surface area contributed by atoms with Crippen LogP contribution in [0.1, 0.15) is 72.1 Å². The molecule has 1 saturated carbocycles. The normalized spacial score (nSPS) is 26.6. The molecule has 0 amide bonds. The van der Waals surface area contributed by atoms with Crippen LogP contribution < -0.4 is 5.32 Å². The van der Waals surface area contributed by atoms with Crippen molar-refractivity contribution in [2.24, 2.45) is 10.8 Å². The number of likely N-dealkylation sites (tertiary alicyclic amines) is 1. The Morgan fingerprint density at radius 3 is 2.40 bits per heavy atom. The van der Waals surface area contributed by atoms with E-state index in [4.69, 9.17) is 0 Å². The number of nitrogens with zero attached hydrogens (tertiary/aromatic N) is 1. The van der Waals surface area contributed by atoms with Crippen molar-refractivity contribution in [3.8, 4) is 0 Å². The molecular weight excluding hydrogens is 244 g/mol. The van der Waals surface area contributed by atoms with Crippen LogP contribution in [0.3, 0.4) is 0 Å². The number of hydrogen-bond acceptors (Lipinski definition) is 2. The van der Waals surface area contributed by atoms with Gasteiger partial charge in [-0.3, -0.25) is 0 Å². The molecule has 0 aromatic carbocycles. The number of nitrogens with one attached hydrogen (secondary N) is 1. The third-order valence-electron chi connectivity index (χ3n) is 5.58. The van der Waals surface area contributed by atoms with E-state index < -0.39 is 0 Å². The van der Waals surface area contributed by atoms with Gasteiger partial charge < -0.3 is 10.2 Å². The van der Waals surface area contributed by atoms with Crippen LogP contribution in [0.4, 0.5) is 0 Å². The highest BCUT2D eigenvalue weighted by Crippen LogP contribution is 2.39. The van der Waals surface area contributed by atoms with E-state index >= 15 is 0 Å². The summed E-state index contributed by atoms with van der Waals surface area (Å²) in [5.41, 5.74) is 1.15. The lowest BCUT2D eigenvalue weighted by Crippen LogP contribution is -2.43. The Morgan fingerprint density at radius 1 is 0.950 bits per heavy atom. The Hall–Kier alpha value is -0.0800. The topological polar surface area (TPSA) is 15.3 Å².